The monoisotopic (exact) mass is 373 g/mol. The van der Waals surface area contributed by atoms with E-state index in [2.05, 4.69) is 5.32 Å². The van der Waals surface area contributed by atoms with Crippen LogP contribution in [0.1, 0.15) is 45.6 Å². The molecule has 0 aliphatic heterocycles. The van der Waals surface area contributed by atoms with Gasteiger partial charge in [0.25, 0.3) is 0 Å². The highest BCUT2D eigenvalue weighted by Gasteiger charge is 2.30. The van der Waals surface area contributed by atoms with Gasteiger partial charge in [0.15, 0.2) is 0 Å². The number of allylic oxidation sites excluding steroid dienone is 3. The van der Waals surface area contributed by atoms with Gasteiger partial charge in [0, 0.05) is 12.0 Å². The summed E-state index contributed by atoms with van der Waals surface area (Å²) in [7, 11) is 0. The van der Waals surface area contributed by atoms with Crippen LogP contribution >= 0.6 is 0 Å². The minimum atomic E-state index is -1.06. The van der Waals surface area contributed by atoms with Crippen LogP contribution in [-0.4, -0.2) is 35.1 Å². The molecule has 0 aliphatic rings. The Bertz CT molecular complexity index is 709. The lowest BCUT2D eigenvalue weighted by atomic mass is 9.93. The van der Waals surface area contributed by atoms with Crippen LogP contribution in [0.3, 0.4) is 0 Å². The van der Waals surface area contributed by atoms with Gasteiger partial charge in [-0.15, -0.1) is 0 Å². The summed E-state index contributed by atoms with van der Waals surface area (Å²) < 4.78 is 5.24. The standard InChI is InChI=1S/C21H27NO5/c1-5-14(2)11-12-18(23)22-20(16(4)17-9-7-6-8-10-17)21(26)27-15(3)13-19(24)25/h5-12,15-16,20H,13H2,1-4H3,(H,22,23)(H,24,25)/b12-11+,14-5+/t15-,16-,20+/m1/s1. The minimum absolute atomic E-state index is 0.299. The number of hydrogen-bond donors (Lipinski definition) is 2. The maximum Gasteiger partial charge on any atom is 0.329 e. The third-order valence-electron chi connectivity index (χ3n) is 4.11. The lowest BCUT2D eigenvalue weighted by molar-refractivity contribution is -0.155. The predicted molar refractivity (Wildman–Crippen MR) is 103 cm³/mol. The fourth-order valence-electron chi connectivity index (χ4n) is 2.40. The number of hydrogen-bond acceptors (Lipinski definition) is 4. The van der Waals surface area contributed by atoms with Crippen LogP contribution in [0.5, 0.6) is 0 Å². The maximum atomic E-state index is 12.6. The molecular weight excluding hydrogens is 346 g/mol. The molecule has 1 aromatic carbocycles. The number of carboxylic acid groups (broad SMARTS) is 1. The smallest absolute Gasteiger partial charge is 0.329 e. The van der Waals surface area contributed by atoms with Crippen LogP contribution < -0.4 is 5.32 Å². The summed E-state index contributed by atoms with van der Waals surface area (Å²) >= 11 is 0. The van der Waals surface area contributed by atoms with E-state index in [-0.39, 0.29) is 12.3 Å². The van der Waals surface area contributed by atoms with Crippen molar-refractivity contribution in [2.45, 2.75) is 52.2 Å². The molecule has 27 heavy (non-hydrogen) atoms. The number of ether oxygens (including phenoxy) is 1. The molecule has 3 atom stereocenters. The van der Waals surface area contributed by atoms with Gasteiger partial charge in [-0.25, -0.2) is 4.79 Å². The number of carboxylic acids is 1. The maximum absolute atomic E-state index is 12.6. The van der Waals surface area contributed by atoms with Gasteiger partial charge in [0.05, 0.1) is 6.42 Å². The highest BCUT2D eigenvalue weighted by molar-refractivity contribution is 5.92. The Balaban J connectivity index is 2.98. The molecule has 0 saturated carbocycles. The number of amides is 1. The first-order valence-corrected chi connectivity index (χ1v) is 8.83. The molecular formula is C21H27NO5. The molecule has 2 N–H and O–H groups in total. The number of esters is 1. The minimum Gasteiger partial charge on any atom is -0.481 e. The second-order valence-corrected chi connectivity index (χ2v) is 6.40. The van der Waals surface area contributed by atoms with Crippen LogP contribution in [0.15, 0.2) is 54.1 Å². The topological polar surface area (TPSA) is 92.7 Å². The Morgan fingerprint density at radius 3 is 2.33 bits per heavy atom. The highest BCUT2D eigenvalue weighted by atomic mass is 16.5. The molecule has 0 aromatic heterocycles. The van der Waals surface area contributed by atoms with Crippen molar-refractivity contribution in [3.63, 3.8) is 0 Å². The van der Waals surface area contributed by atoms with Crippen LogP contribution in [0.4, 0.5) is 0 Å². The first-order chi connectivity index (χ1) is 12.7. The third kappa shape index (κ3) is 7.90. The van der Waals surface area contributed by atoms with E-state index in [4.69, 9.17) is 9.84 Å². The lowest BCUT2D eigenvalue weighted by Gasteiger charge is -2.25. The molecule has 0 unspecified atom stereocenters. The quantitative estimate of drug-likeness (QED) is 0.394. The zero-order valence-electron chi connectivity index (χ0n) is 16.1. The summed E-state index contributed by atoms with van der Waals surface area (Å²) in [5.74, 6) is -2.50. The van der Waals surface area contributed by atoms with Crippen molar-refractivity contribution in [1.29, 1.82) is 0 Å². The van der Waals surface area contributed by atoms with E-state index in [9.17, 15) is 14.4 Å². The normalized spacial score (nSPS) is 15.0. The first-order valence-electron chi connectivity index (χ1n) is 8.83. The fourth-order valence-corrected chi connectivity index (χ4v) is 2.40. The second kappa shape index (κ2) is 11.0. The number of carbonyl (C=O) groups is 3. The van der Waals surface area contributed by atoms with Crippen molar-refractivity contribution in [1.82, 2.24) is 5.32 Å². The first kappa shape index (κ1) is 22.2. The summed E-state index contributed by atoms with van der Waals surface area (Å²) in [6, 6.07) is 8.33. The van der Waals surface area contributed by atoms with Crippen LogP contribution in [0.25, 0.3) is 0 Å². The van der Waals surface area contributed by atoms with E-state index in [1.807, 2.05) is 57.2 Å². The number of carbonyl (C=O) groups excluding carboxylic acids is 2. The van der Waals surface area contributed by atoms with Crippen molar-refractivity contribution >= 4 is 17.8 Å². The Kier molecular flexibility index (Phi) is 8.99. The average molecular weight is 373 g/mol. The Hall–Kier alpha value is -2.89. The van der Waals surface area contributed by atoms with Crippen LogP contribution in [0, 0.1) is 0 Å². The molecule has 0 bridgehead atoms. The summed E-state index contributed by atoms with van der Waals surface area (Å²) in [4.78, 5) is 35.7. The largest absolute Gasteiger partial charge is 0.481 e. The average Bonchev–Trinajstić information content (AvgIpc) is 2.63. The van der Waals surface area contributed by atoms with Gasteiger partial charge in [-0.05, 0) is 26.3 Å². The number of rotatable bonds is 9. The zero-order valence-corrected chi connectivity index (χ0v) is 16.1. The van der Waals surface area contributed by atoms with E-state index in [1.54, 1.807) is 6.08 Å². The van der Waals surface area contributed by atoms with Gasteiger partial charge in [-0.2, -0.15) is 0 Å². The summed E-state index contributed by atoms with van der Waals surface area (Å²) in [6.07, 6.45) is 3.77. The predicted octanol–water partition coefficient (Wildman–Crippen LogP) is 3.20. The van der Waals surface area contributed by atoms with Crippen molar-refractivity contribution in [3.8, 4) is 0 Å². The molecule has 6 nitrogen and oxygen atoms in total. The lowest BCUT2D eigenvalue weighted by Crippen LogP contribution is -2.45. The summed E-state index contributed by atoms with van der Waals surface area (Å²) in [6.45, 7) is 7.03. The van der Waals surface area contributed by atoms with Crippen molar-refractivity contribution in [2.24, 2.45) is 0 Å². The highest BCUT2D eigenvalue weighted by Crippen LogP contribution is 2.21. The molecule has 0 aliphatic carbocycles. The van der Waals surface area contributed by atoms with Crippen molar-refractivity contribution in [3.05, 3.63) is 59.7 Å². The molecule has 6 heteroatoms. The number of nitrogens with one attached hydrogen (secondary N) is 1. The molecule has 0 heterocycles. The van der Waals surface area contributed by atoms with Crippen molar-refractivity contribution in [2.75, 3.05) is 0 Å². The SMILES string of the molecule is C/C=C(C)/C=C/C(=O)N[C@H](C(=O)O[C@H](C)CC(=O)O)[C@H](C)c1ccccc1. The zero-order chi connectivity index (χ0) is 20.4. The van der Waals surface area contributed by atoms with Crippen LogP contribution in [0.2, 0.25) is 0 Å². The van der Waals surface area contributed by atoms with Gasteiger partial charge in [0.1, 0.15) is 12.1 Å². The Labute approximate surface area is 159 Å². The van der Waals surface area contributed by atoms with E-state index < -0.39 is 30.0 Å². The van der Waals surface area contributed by atoms with Gasteiger partial charge < -0.3 is 15.2 Å². The van der Waals surface area contributed by atoms with Gasteiger partial charge >= 0.3 is 11.9 Å². The molecule has 1 rings (SSSR count). The molecule has 0 spiro atoms. The third-order valence-corrected chi connectivity index (χ3v) is 4.11. The molecule has 1 aromatic rings. The van der Waals surface area contributed by atoms with Gasteiger partial charge in [-0.3, -0.25) is 9.59 Å². The van der Waals surface area contributed by atoms with E-state index in [0.717, 1.165) is 11.1 Å². The van der Waals surface area contributed by atoms with E-state index in [0.29, 0.717) is 0 Å². The fraction of sp³-hybridized carbons (Fsp3) is 0.381. The summed E-state index contributed by atoms with van der Waals surface area (Å²) in [5, 5.41) is 11.5. The molecule has 0 fully saturated rings. The van der Waals surface area contributed by atoms with Gasteiger partial charge in [0.2, 0.25) is 5.91 Å². The number of benzene rings is 1. The molecule has 146 valence electrons. The van der Waals surface area contributed by atoms with Crippen molar-refractivity contribution < 1.29 is 24.2 Å². The second-order valence-electron chi connectivity index (χ2n) is 6.40. The van der Waals surface area contributed by atoms with E-state index in [1.165, 1.54) is 13.0 Å². The Morgan fingerprint density at radius 2 is 1.78 bits per heavy atom. The van der Waals surface area contributed by atoms with Crippen LogP contribution in [-0.2, 0) is 19.1 Å². The molecule has 1 amide bonds. The van der Waals surface area contributed by atoms with E-state index >= 15 is 0 Å². The molecule has 0 saturated heterocycles. The summed E-state index contributed by atoms with van der Waals surface area (Å²) in [5.41, 5.74) is 1.77. The Morgan fingerprint density at radius 1 is 1.15 bits per heavy atom. The number of aliphatic carboxylic acids is 1. The molecule has 0 radical (unpaired) electrons. The van der Waals surface area contributed by atoms with Gasteiger partial charge in [-0.1, -0.05) is 55.0 Å².